The molecule has 0 spiro atoms. The topological polar surface area (TPSA) is 42.0 Å². The summed E-state index contributed by atoms with van der Waals surface area (Å²) in [6.45, 7) is 0. The molecule has 0 atom stereocenters. The SMILES string of the molecule is CNC(=O)c1ccc(CCC23CC(c4ccncc4)(C2)C3)cc1. The number of rotatable bonds is 5. The fourth-order valence-electron chi connectivity index (χ4n) is 4.65. The smallest absolute Gasteiger partial charge is 0.251 e. The Morgan fingerprint density at radius 1 is 1.09 bits per heavy atom. The Balaban J connectivity index is 1.33. The molecule has 3 nitrogen and oxygen atoms in total. The van der Waals surface area contributed by atoms with E-state index < -0.39 is 0 Å². The fourth-order valence-corrected chi connectivity index (χ4v) is 4.65. The molecule has 1 N–H and O–H groups in total. The quantitative estimate of drug-likeness (QED) is 0.918. The molecule has 1 heterocycles. The monoisotopic (exact) mass is 306 g/mol. The van der Waals surface area contributed by atoms with Crippen molar-refractivity contribution in [2.24, 2.45) is 5.41 Å². The number of hydrogen-bond acceptors (Lipinski definition) is 2. The summed E-state index contributed by atoms with van der Waals surface area (Å²) < 4.78 is 0. The maximum Gasteiger partial charge on any atom is 0.251 e. The third-order valence-electron chi connectivity index (χ3n) is 5.82. The standard InChI is InChI=1S/C20H22N2O/c1-21-18(23)16-4-2-15(3-5-16)6-9-19-12-20(13-19,14-19)17-7-10-22-11-8-17/h2-5,7-8,10-11H,6,9,12-14H2,1H3,(H,21,23). The third-order valence-corrected chi connectivity index (χ3v) is 5.82. The number of nitrogens with zero attached hydrogens (tertiary/aromatic N) is 1. The van der Waals surface area contributed by atoms with Gasteiger partial charge in [-0.25, -0.2) is 0 Å². The molecule has 3 heteroatoms. The van der Waals surface area contributed by atoms with Crippen molar-refractivity contribution in [1.29, 1.82) is 0 Å². The van der Waals surface area contributed by atoms with Gasteiger partial charge in [0.2, 0.25) is 0 Å². The molecule has 23 heavy (non-hydrogen) atoms. The first-order chi connectivity index (χ1) is 11.1. The molecule has 5 rings (SSSR count). The maximum absolute atomic E-state index is 11.6. The average molecular weight is 306 g/mol. The number of hydrogen-bond donors (Lipinski definition) is 1. The van der Waals surface area contributed by atoms with Crippen LogP contribution in [0.3, 0.4) is 0 Å². The summed E-state index contributed by atoms with van der Waals surface area (Å²) in [4.78, 5) is 15.7. The van der Waals surface area contributed by atoms with Gasteiger partial charge in [-0.05, 0) is 78.3 Å². The molecule has 2 bridgehead atoms. The van der Waals surface area contributed by atoms with Crippen LogP contribution in [0.25, 0.3) is 0 Å². The van der Waals surface area contributed by atoms with Gasteiger partial charge in [0.05, 0.1) is 0 Å². The highest BCUT2D eigenvalue weighted by atomic mass is 16.1. The van der Waals surface area contributed by atoms with Crippen molar-refractivity contribution in [3.63, 3.8) is 0 Å². The van der Waals surface area contributed by atoms with E-state index in [1.807, 2.05) is 24.5 Å². The molecule has 1 aromatic carbocycles. The maximum atomic E-state index is 11.6. The first-order valence-electron chi connectivity index (χ1n) is 8.36. The van der Waals surface area contributed by atoms with Crippen LogP contribution in [0.15, 0.2) is 48.8 Å². The summed E-state index contributed by atoms with van der Waals surface area (Å²) in [6, 6.07) is 12.4. The van der Waals surface area contributed by atoms with Crippen molar-refractivity contribution in [2.45, 2.75) is 37.5 Å². The van der Waals surface area contributed by atoms with E-state index in [9.17, 15) is 4.79 Å². The molecule has 3 aliphatic rings. The van der Waals surface area contributed by atoms with E-state index in [4.69, 9.17) is 0 Å². The normalized spacial score (nSPS) is 27.7. The minimum absolute atomic E-state index is 0.0183. The van der Waals surface area contributed by atoms with Crippen molar-refractivity contribution in [2.75, 3.05) is 7.05 Å². The number of carbonyl (C=O) groups is 1. The number of aryl methyl sites for hydroxylation is 1. The second-order valence-corrected chi connectivity index (χ2v) is 7.32. The lowest BCUT2D eigenvalue weighted by atomic mass is 9.32. The van der Waals surface area contributed by atoms with E-state index in [0.717, 1.165) is 12.0 Å². The van der Waals surface area contributed by atoms with Gasteiger partial charge < -0.3 is 5.32 Å². The van der Waals surface area contributed by atoms with Gasteiger partial charge in [-0.15, -0.1) is 0 Å². The van der Waals surface area contributed by atoms with Crippen LogP contribution >= 0.6 is 0 Å². The lowest BCUT2D eigenvalue weighted by Gasteiger charge is -2.71. The van der Waals surface area contributed by atoms with Crippen LogP contribution < -0.4 is 5.32 Å². The van der Waals surface area contributed by atoms with Crippen LogP contribution in [0, 0.1) is 5.41 Å². The number of carbonyl (C=O) groups excluding carboxylic acids is 1. The highest BCUT2D eigenvalue weighted by Crippen LogP contribution is 2.75. The molecule has 0 unspecified atom stereocenters. The van der Waals surface area contributed by atoms with Gasteiger partial charge in [-0.1, -0.05) is 12.1 Å². The zero-order valence-electron chi connectivity index (χ0n) is 13.5. The third kappa shape index (κ3) is 2.35. The van der Waals surface area contributed by atoms with Gasteiger partial charge in [0.15, 0.2) is 0 Å². The zero-order valence-corrected chi connectivity index (χ0v) is 13.5. The largest absolute Gasteiger partial charge is 0.355 e. The molecule has 118 valence electrons. The first-order valence-corrected chi connectivity index (χ1v) is 8.36. The van der Waals surface area contributed by atoms with Gasteiger partial charge in [-0.2, -0.15) is 0 Å². The number of aromatic nitrogens is 1. The number of amides is 1. The summed E-state index contributed by atoms with van der Waals surface area (Å²) in [5, 5.41) is 2.66. The Kier molecular flexibility index (Phi) is 3.26. The number of benzene rings is 1. The number of nitrogens with one attached hydrogen (secondary N) is 1. The van der Waals surface area contributed by atoms with E-state index in [0.29, 0.717) is 10.8 Å². The molecule has 3 saturated carbocycles. The summed E-state index contributed by atoms with van der Waals surface area (Å²) in [5.41, 5.74) is 4.58. The highest BCUT2D eigenvalue weighted by molar-refractivity contribution is 5.93. The minimum atomic E-state index is -0.0183. The molecule has 2 aromatic rings. The highest BCUT2D eigenvalue weighted by Gasteiger charge is 2.67. The minimum Gasteiger partial charge on any atom is -0.355 e. The van der Waals surface area contributed by atoms with Gasteiger partial charge in [0.1, 0.15) is 0 Å². The lowest BCUT2D eigenvalue weighted by Crippen LogP contribution is -2.64. The zero-order chi connectivity index (χ0) is 15.9. The fraction of sp³-hybridized carbons (Fsp3) is 0.400. The van der Waals surface area contributed by atoms with Crippen molar-refractivity contribution >= 4 is 5.91 Å². The second-order valence-electron chi connectivity index (χ2n) is 7.32. The van der Waals surface area contributed by atoms with Gasteiger partial charge >= 0.3 is 0 Å². The molecule has 3 fully saturated rings. The molecule has 1 aromatic heterocycles. The predicted molar refractivity (Wildman–Crippen MR) is 90.4 cm³/mol. The van der Waals surface area contributed by atoms with Gasteiger partial charge in [-0.3, -0.25) is 9.78 Å². The summed E-state index contributed by atoms with van der Waals surface area (Å²) in [5.74, 6) is -0.0183. The van der Waals surface area contributed by atoms with Crippen LogP contribution in [-0.2, 0) is 11.8 Å². The van der Waals surface area contributed by atoms with E-state index in [1.165, 1.54) is 36.8 Å². The molecule has 3 aliphatic carbocycles. The molecule has 0 saturated heterocycles. The van der Waals surface area contributed by atoms with Crippen molar-refractivity contribution < 1.29 is 4.79 Å². The molecular formula is C20H22N2O. The van der Waals surface area contributed by atoms with E-state index >= 15 is 0 Å². The molecular weight excluding hydrogens is 284 g/mol. The van der Waals surface area contributed by atoms with Crippen molar-refractivity contribution in [3.05, 3.63) is 65.5 Å². The Bertz CT molecular complexity index is 701. The van der Waals surface area contributed by atoms with Crippen LogP contribution in [0.2, 0.25) is 0 Å². The summed E-state index contributed by atoms with van der Waals surface area (Å²) >= 11 is 0. The summed E-state index contributed by atoms with van der Waals surface area (Å²) in [7, 11) is 1.66. The predicted octanol–water partition coefficient (Wildman–Crippen LogP) is 3.50. The Labute approximate surface area is 137 Å². The van der Waals surface area contributed by atoms with E-state index in [1.54, 1.807) is 7.05 Å². The van der Waals surface area contributed by atoms with Gasteiger partial charge in [0, 0.05) is 25.0 Å². The van der Waals surface area contributed by atoms with E-state index in [-0.39, 0.29) is 5.91 Å². The van der Waals surface area contributed by atoms with Crippen LogP contribution in [-0.4, -0.2) is 17.9 Å². The van der Waals surface area contributed by atoms with Crippen LogP contribution in [0.5, 0.6) is 0 Å². The molecule has 0 aliphatic heterocycles. The van der Waals surface area contributed by atoms with Crippen molar-refractivity contribution in [3.8, 4) is 0 Å². The van der Waals surface area contributed by atoms with Crippen molar-refractivity contribution in [1.82, 2.24) is 10.3 Å². The van der Waals surface area contributed by atoms with E-state index in [2.05, 4.69) is 34.6 Å². The Morgan fingerprint density at radius 2 is 1.74 bits per heavy atom. The number of pyridine rings is 1. The molecule has 1 amide bonds. The Hall–Kier alpha value is -2.16. The summed E-state index contributed by atoms with van der Waals surface area (Å²) in [6.07, 6.45) is 10.2. The first kappa shape index (κ1) is 14.4. The lowest BCUT2D eigenvalue weighted by molar-refractivity contribution is -0.146. The average Bonchev–Trinajstić information content (AvgIpc) is 2.53. The Morgan fingerprint density at radius 3 is 2.35 bits per heavy atom. The van der Waals surface area contributed by atoms with Gasteiger partial charge in [0.25, 0.3) is 5.91 Å². The van der Waals surface area contributed by atoms with Crippen LogP contribution in [0.1, 0.15) is 47.2 Å². The molecule has 0 radical (unpaired) electrons. The second kappa shape index (κ2) is 5.19. The van der Waals surface area contributed by atoms with Crippen LogP contribution in [0.4, 0.5) is 0 Å².